The van der Waals surface area contributed by atoms with Gasteiger partial charge in [-0.2, -0.15) is 0 Å². The third kappa shape index (κ3) is 3.54. The second-order valence-electron chi connectivity index (χ2n) is 7.79. The van der Waals surface area contributed by atoms with E-state index in [0.717, 1.165) is 29.5 Å². The van der Waals surface area contributed by atoms with Gasteiger partial charge in [-0.15, -0.1) is 0 Å². The molecule has 4 rings (SSSR count). The number of hydrogen-bond acceptors (Lipinski definition) is 3. The van der Waals surface area contributed by atoms with E-state index in [2.05, 4.69) is 41.7 Å². The van der Waals surface area contributed by atoms with Crippen molar-refractivity contribution in [2.75, 3.05) is 13.2 Å². The zero-order chi connectivity index (χ0) is 19.7. The first-order valence-electron chi connectivity index (χ1n) is 9.93. The van der Waals surface area contributed by atoms with Gasteiger partial charge in [0, 0.05) is 25.3 Å². The first kappa shape index (κ1) is 18.7. The maximum absolute atomic E-state index is 12.7. The predicted octanol–water partition coefficient (Wildman–Crippen LogP) is 2.56. The van der Waals surface area contributed by atoms with E-state index >= 15 is 0 Å². The first-order chi connectivity index (χ1) is 13.6. The van der Waals surface area contributed by atoms with Crippen molar-refractivity contribution in [1.29, 1.82) is 0 Å². The lowest BCUT2D eigenvalue weighted by Crippen LogP contribution is -2.68. The molecule has 2 N–H and O–H groups in total. The number of nitrogens with zero attached hydrogens (tertiary/aromatic N) is 1. The largest absolute Gasteiger partial charge is 0.394 e. The maximum Gasteiger partial charge on any atom is 0.226 e. The summed E-state index contributed by atoms with van der Waals surface area (Å²) in [6.45, 7) is 1.83. The van der Waals surface area contributed by atoms with E-state index in [1.807, 2.05) is 23.1 Å². The van der Waals surface area contributed by atoms with E-state index in [4.69, 9.17) is 0 Å². The molecule has 3 atom stereocenters. The highest BCUT2D eigenvalue weighted by molar-refractivity contribution is 5.83. The molecule has 1 saturated carbocycles. The fourth-order valence-electron chi connectivity index (χ4n) is 4.26. The van der Waals surface area contributed by atoms with Crippen molar-refractivity contribution in [2.45, 2.75) is 37.8 Å². The van der Waals surface area contributed by atoms with Crippen LogP contribution in [0.15, 0.2) is 54.6 Å². The Morgan fingerprint density at radius 1 is 1.00 bits per heavy atom. The lowest BCUT2D eigenvalue weighted by Gasteiger charge is -2.55. The van der Waals surface area contributed by atoms with E-state index in [9.17, 15) is 14.7 Å². The number of carbonyl (C=O) groups is 2. The molecule has 0 aromatic heterocycles. The zero-order valence-electron chi connectivity index (χ0n) is 16.0. The summed E-state index contributed by atoms with van der Waals surface area (Å²) in [5.74, 6) is 0.121. The third-order valence-electron chi connectivity index (χ3n) is 5.87. The molecule has 1 heterocycles. The summed E-state index contributed by atoms with van der Waals surface area (Å²) in [5.41, 5.74) is 3.38. The molecule has 1 saturated heterocycles. The second kappa shape index (κ2) is 7.76. The fraction of sp³-hybridized carbons (Fsp3) is 0.391. The van der Waals surface area contributed by atoms with Crippen LogP contribution in [-0.2, 0) is 9.59 Å². The average Bonchev–Trinajstić information content (AvgIpc) is 3.54. The van der Waals surface area contributed by atoms with Crippen molar-refractivity contribution < 1.29 is 14.7 Å². The predicted molar refractivity (Wildman–Crippen MR) is 108 cm³/mol. The maximum atomic E-state index is 12.7. The van der Waals surface area contributed by atoms with E-state index in [0.29, 0.717) is 6.54 Å². The lowest BCUT2D eigenvalue weighted by atomic mass is 9.74. The topological polar surface area (TPSA) is 69.6 Å². The van der Waals surface area contributed by atoms with Crippen LogP contribution in [0.3, 0.4) is 0 Å². The van der Waals surface area contributed by atoms with Gasteiger partial charge >= 0.3 is 0 Å². The van der Waals surface area contributed by atoms with E-state index in [-0.39, 0.29) is 42.3 Å². The van der Waals surface area contributed by atoms with Crippen molar-refractivity contribution in [3.8, 4) is 11.1 Å². The summed E-state index contributed by atoms with van der Waals surface area (Å²) >= 11 is 0. The van der Waals surface area contributed by atoms with Crippen LogP contribution in [-0.4, -0.2) is 47.1 Å². The quantitative estimate of drug-likeness (QED) is 0.812. The van der Waals surface area contributed by atoms with Gasteiger partial charge in [0.05, 0.1) is 18.7 Å². The van der Waals surface area contributed by atoms with Gasteiger partial charge in [-0.1, -0.05) is 54.6 Å². The normalized spacial score (nSPS) is 23.8. The molecule has 1 aliphatic heterocycles. The number of aliphatic hydroxyl groups excluding tert-OH is 1. The minimum atomic E-state index is -0.227. The first-order valence-corrected chi connectivity index (χ1v) is 9.93. The molecule has 2 fully saturated rings. The Labute approximate surface area is 165 Å². The minimum Gasteiger partial charge on any atom is -0.394 e. The Balaban J connectivity index is 1.58. The summed E-state index contributed by atoms with van der Waals surface area (Å²) in [6.07, 6.45) is 1.85. The highest BCUT2D eigenvalue weighted by Crippen LogP contribution is 2.44. The molecule has 2 amide bonds. The van der Waals surface area contributed by atoms with Gasteiger partial charge in [-0.25, -0.2) is 0 Å². The van der Waals surface area contributed by atoms with Crippen LogP contribution in [0.2, 0.25) is 0 Å². The minimum absolute atomic E-state index is 0.0179. The molecule has 5 heteroatoms. The smallest absolute Gasteiger partial charge is 0.226 e. The van der Waals surface area contributed by atoms with Crippen LogP contribution >= 0.6 is 0 Å². The van der Waals surface area contributed by atoms with Crippen molar-refractivity contribution in [2.24, 2.45) is 5.92 Å². The van der Waals surface area contributed by atoms with Gasteiger partial charge in [0.1, 0.15) is 0 Å². The number of aliphatic hydroxyl groups is 1. The molecule has 5 nitrogen and oxygen atoms in total. The highest BCUT2D eigenvalue weighted by atomic mass is 16.3. The number of amides is 2. The van der Waals surface area contributed by atoms with E-state index in [1.54, 1.807) is 0 Å². The second-order valence-corrected chi connectivity index (χ2v) is 7.79. The number of nitrogens with one attached hydrogen (secondary N) is 1. The number of likely N-dealkylation sites (tertiary alicyclic amines) is 1. The summed E-state index contributed by atoms with van der Waals surface area (Å²) in [4.78, 5) is 26.0. The van der Waals surface area contributed by atoms with Crippen molar-refractivity contribution in [3.63, 3.8) is 0 Å². The number of hydrogen-bond donors (Lipinski definition) is 2. The van der Waals surface area contributed by atoms with Gasteiger partial charge in [-0.3, -0.25) is 9.59 Å². The molecule has 2 aromatic carbocycles. The number of benzene rings is 2. The Kier molecular flexibility index (Phi) is 5.18. The molecular weight excluding hydrogens is 352 g/mol. The summed E-state index contributed by atoms with van der Waals surface area (Å²) < 4.78 is 0. The number of carbonyl (C=O) groups excluding carboxylic acids is 2. The SMILES string of the molecule is CC(=O)NC[C@H]1[C@H](c2ccc(-c3ccccc3)cc2)[C@H](CO)N1C(=O)C1CC1. The molecule has 0 spiro atoms. The molecule has 2 aliphatic rings. The molecule has 0 unspecified atom stereocenters. The molecule has 146 valence electrons. The molecule has 2 aromatic rings. The monoisotopic (exact) mass is 378 g/mol. The standard InChI is InChI=1S/C23H26N2O3/c1-15(27)24-13-20-22(21(14-26)25(20)23(28)19-11-12-19)18-9-7-17(8-10-18)16-5-3-2-4-6-16/h2-10,19-22,26H,11-14H2,1H3,(H,24,27)/t20-,21-,22-/m0/s1. The lowest BCUT2D eigenvalue weighted by molar-refractivity contribution is -0.152. The van der Waals surface area contributed by atoms with Crippen molar-refractivity contribution in [1.82, 2.24) is 10.2 Å². The van der Waals surface area contributed by atoms with Crippen molar-refractivity contribution in [3.05, 3.63) is 60.2 Å². The average molecular weight is 378 g/mol. The van der Waals surface area contributed by atoms with Gasteiger partial charge in [0.2, 0.25) is 11.8 Å². The summed E-state index contributed by atoms with van der Waals surface area (Å²) in [6, 6.07) is 18.2. The van der Waals surface area contributed by atoms with Gasteiger partial charge in [0.15, 0.2) is 0 Å². The van der Waals surface area contributed by atoms with Crippen LogP contribution in [0.1, 0.15) is 31.2 Å². The van der Waals surface area contributed by atoms with Gasteiger partial charge in [-0.05, 0) is 29.5 Å². The molecule has 1 aliphatic carbocycles. The Hall–Kier alpha value is -2.66. The summed E-state index contributed by atoms with van der Waals surface area (Å²) in [7, 11) is 0. The fourth-order valence-corrected chi connectivity index (χ4v) is 4.26. The van der Waals surface area contributed by atoms with E-state index in [1.165, 1.54) is 6.92 Å². The van der Waals surface area contributed by atoms with Crippen LogP contribution in [0.5, 0.6) is 0 Å². The van der Waals surface area contributed by atoms with Crippen LogP contribution in [0.25, 0.3) is 11.1 Å². The van der Waals surface area contributed by atoms with Crippen LogP contribution in [0, 0.1) is 5.92 Å². The molecular formula is C23H26N2O3. The van der Waals surface area contributed by atoms with Crippen LogP contribution in [0.4, 0.5) is 0 Å². The Morgan fingerprint density at radius 2 is 1.64 bits per heavy atom. The van der Waals surface area contributed by atoms with Gasteiger partial charge in [0.25, 0.3) is 0 Å². The highest BCUT2D eigenvalue weighted by Gasteiger charge is 2.53. The van der Waals surface area contributed by atoms with Crippen molar-refractivity contribution >= 4 is 11.8 Å². The van der Waals surface area contributed by atoms with Gasteiger partial charge < -0.3 is 15.3 Å². The Morgan fingerprint density at radius 3 is 2.21 bits per heavy atom. The number of rotatable bonds is 6. The summed E-state index contributed by atoms with van der Waals surface area (Å²) in [5, 5.41) is 12.8. The zero-order valence-corrected chi connectivity index (χ0v) is 16.0. The van der Waals surface area contributed by atoms with E-state index < -0.39 is 0 Å². The Bertz CT molecular complexity index is 846. The molecule has 0 bridgehead atoms. The molecule has 0 radical (unpaired) electrons. The van der Waals surface area contributed by atoms with Crippen LogP contribution < -0.4 is 5.32 Å². The third-order valence-corrected chi connectivity index (χ3v) is 5.87. The molecule has 28 heavy (non-hydrogen) atoms.